The molecular weight excluding hydrogens is 390 g/mol. The summed E-state index contributed by atoms with van der Waals surface area (Å²) in [6.07, 6.45) is 3.03. The first-order chi connectivity index (χ1) is 15.0. The number of unbranched alkanes of at least 4 members (excludes halogenated alkanes) is 1. The largest absolute Gasteiger partial charge is 0.369 e. The lowest BCUT2D eigenvalue weighted by Gasteiger charge is -2.15. The Morgan fingerprint density at radius 2 is 1.87 bits per heavy atom. The molecule has 0 aliphatic carbocycles. The number of hydrogen-bond acceptors (Lipinski definition) is 3. The summed E-state index contributed by atoms with van der Waals surface area (Å²) in [4.78, 5) is 24.0. The number of carbonyl (C=O) groups excluding carboxylic acids is 2. The van der Waals surface area contributed by atoms with Crippen molar-refractivity contribution in [2.24, 2.45) is 5.73 Å². The van der Waals surface area contributed by atoms with Crippen LogP contribution >= 0.6 is 0 Å². The highest BCUT2D eigenvalue weighted by atomic mass is 16.2. The Labute approximate surface area is 182 Å². The van der Waals surface area contributed by atoms with Gasteiger partial charge in [0, 0.05) is 6.07 Å². The van der Waals surface area contributed by atoms with Crippen LogP contribution in [0.5, 0.6) is 0 Å². The minimum atomic E-state index is -0.395. The van der Waals surface area contributed by atoms with Crippen molar-refractivity contribution >= 4 is 17.8 Å². The van der Waals surface area contributed by atoms with Gasteiger partial charge < -0.3 is 11.1 Å². The average molecular weight is 420 g/mol. The zero-order valence-corrected chi connectivity index (χ0v) is 18.0. The fourth-order valence-corrected chi connectivity index (χ4v) is 3.37. The number of rotatable bonds is 9. The maximum Gasteiger partial charge on any atom is 0.320 e. The minimum Gasteiger partial charge on any atom is -0.369 e. The van der Waals surface area contributed by atoms with Crippen LogP contribution in [0.4, 0.5) is 10.6 Å². The molecule has 1 atom stereocenters. The van der Waals surface area contributed by atoms with Gasteiger partial charge in [0.2, 0.25) is 5.91 Å². The van der Waals surface area contributed by atoms with E-state index in [4.69, 9.17) is 5.73 Å². The highest BCUT2D eigenvalue weighted by Gasteiger charge is 2.15. The summed E-state index contributed by atoms with van der Waals surface area (Å²) in [7, 11) is 0. The Balaban J connectivity index is 1.82. The van der Waals surface area contributed by atoms with Crippen LogP contribution in [-0.4, -0.2) is 21.7 Å². The van der Waals surface area contributed by atoms with Gasteiger partial charge in [-0.15, -0.1) is 0 Å². The molecular formula is C24H29N5O2. The van der Waals surface area contributed by atoms with E-state index in [2.05, 4.69) is 22.7 Å². The van der Waals surface area contributed by atoms with Crippen molar-refractivity contribution in [3.63, 3.8) is 0 Å². The molecule has 1 heterocycles. The fraction of sp³-hybridized carbons (Fsp3) is 0.292. The second kappa shape index (κ2) is 10.4. The second-order valence-electron chi connectivity index (χ2n) is 7.58. The number of aryl methyl sites for hydroxylation is 1. The number of carbonyl (C=O) groups is 2. The Morgan fingerprint density at radius 3 is 2.58 bits per heavy atom. The number of primary amides is 1. The van der Waals surface area contributed by atoms with Gasteiger partial charge in [0.05, 0.1) is 23.8 Å². The van der Waals surface area contributed by atoms with Crippen molar-refractivity contribution in [1.29, 1.82) is 0 Å². The maximum atomic E-state index is 12.7. The summed E-state index contributed by atoms with van der Waals surface area (Å²) in [6, 6.07) is 18.7. The summed E-state index contributed by atoms with van der Waals surface area (Å²) in [5.74, 6) is 0.175. The molecule has 1 unspecified atom stereocenters. The number of amides is 3. The number of aromatic nitrogens is 2. The molecule has 0 spiro atoms. The molecule has 0 saturated carbocycles. The Hall–Kier alpha value is -3.61. The summed E-state index contributed by atoms with van der Waals surface area (Å²) < 4.78 is 1.70. The molecule has 0 saturated heterocycles. The van der Waals surface area contributed by atoms with Crippen molar-refractivity contribution < 1.29 is 9.59 Å². The summed E-state index contributed by atoms with van der Waals surface area (Å²) >= 11 is 0. The van der Waals surface area contributed by atoms with E-state index >= 15 is 0 Å². The third kappa shape index (κ3) is 6.18. The van der Waals surface area contributed by atoms with Crippen molar-refractivity contribution in [3.8, 4) is 5.69 Å². The summed E-state index contributed by atoms with van der Waals surface area (Å²) in [6.45, 7) is 4.06. The molecule has 3 rings (SSSR count). The third-order valence-electron chi connectivity index (χ3n) is 4.97. The number of benzene rings is 2. The number of anilines is 1. The van der Waals surface area contributed by atoms with Crippen molar-refractivity contribution in [2.75, 3.05) is 5.32 Å². The number of nitrogens with two attached hydrogens (primary N) is 1. The van der Waals surface area contributed by atoms with Crippen molar-refractivity contribution in [2.45, 2.75) is 45.6 Å². The van der Waals surface area contributed by atoms with Gasteiger partial charge in [-0.05, 0) is 43.0 Å². The molecule has 0 fully saturated rings. The zero-order valence-electron chi connectivity index (χ0n) is 18.0. The van der Waals surface area contributed by atoms with Crippen molar-refractivity contribution in [3.05, 3.63) is 77.5 Å². The van der Waals surface area contributed by atoms with Gasteiger partial charge >= 0.3 is 6.03 Å². The first kappa shape index (κ1) is 22.1. The van der Waals surface area contributed by atoms with E-state index in [9.17, 15) is 9.59 Å². The fourth-order valence-electron chi connectivity index (χ4n) is 3.37. The first-order valence-electron chi connectivity index (χ1n) is 10.5. The van der Waals surface area contributed by atoms with Gasteiger partial charge in [0.1, 0.15) is 5.82 Å². The third-order valence-corrected chi connectivity index (χ3v) is 4.97. The topological polar surface area (TPSA) is 102 Å². The highest BCUT2D eigenvalue weighted by Crippen LogP contribution is 2.20. The lowest BCUT2D eigenvalue weighted by Crippen LogP contribution is -2.31. The number of urea groups is 1. The van der Waals surface area contributed by atoms with E-state index < -0.39 is 5.91 Å². The lowest BCUT2D eigenvalue weighted by molar-refractivity contribution is -0.117. The van der Waals surface area contributed by atoms with Crippen LogP contribution in [0.2, 0.25) is 0 Å². The Morgan fingerprint density at radius 1 is 1.10 bits per heavy atom. The molecule has 31 heavy (non-hydrogen) atoms. The van der Waals surface area contributed by atoms with Crippen LogP contribution in [0.3, 0.4) is 0 Å². The van der Waals surface area contributed by atoms with Crippen LogP contribution in [0.1, 0.15) is 49.6 Å². The summed E-state index contributed by atoms with van der Waals surface area (Å²) in [5, 5.41) is 10.6. The Bertz CT molecular complexity index is 1030. The van der Waals surface area contributed by atoms with Crippen LogP contribution in [-0.2, 0) is 17.6 Å². The molecule has 4 N–H and O–H groups in total. The quantitative estimate of drug-likeness (QED) is 0.486. The number of hydrogen-bond donors (Lipinski definition) is 3. The van der Waals surface area contributed by atoms with Crippen molar-refractivity contribution in [1.82, 2.24) is 15.1 Å². The van der Waals surface area contributed by atoms with E-state index in [1.807, 2.05) is 67.6 Å². The molecule has 7 heteroatoms. The van der Waals surface area contributed by atoms with Gasteiger partial charge in [-0.25, -0.2) is 9.48 Å². The highest BCUT2D eigenvalue weighted by molar-refractivity contribution is 5.89. The molecule has 2 aromatic carbocycles. The van der Waals surface area contributed by atoms with E-state index in [1.165, 1.54) is 0 Å². The van der Waals surface area contributed by atoms with Crippen LogP contribution in [0, 0.1) is 0 Å². The molecule has 7 nitrogen and oxygen atoms in total. The predicted molar refractivity (Wildman–Crippen MR) is 122 cm³/mol. The average Bonchev–Trinajstić information content (AvgIpc) is 3.15. The maximum absolute atomic E-state index is 12.7. The molecule has 0 aliphatic rings. The predicted octanol–water partition coefficient (Wildman–Crippen LogP) is 4.13. The second-order valence-corrected chi connectivity index (χ2v) is 7.58. The molecule has 1 aromatic heterocycles. The van der Waals surface area contributed by atoms with E-state index in [-0.39, 0.29) is 18.5 Å². The first-order valence-corrected chi connectivity index (χ1v) is 10.5. The van der Waals surface area contributed by atoms with Gasteiger partial charge in [0.15, 0.2) is 0 Å². The van der Waals surface area contributed by atoms with Gasteiger partial charge in [-0.1, -0.05) is 55.8 Å². The molecule has 0 aliphatic heterocycles. The zero-order chi connectivity index (χ0) is 22.2. The Kier molecular flexibility index (Phi) is 7.43. The SMILES string of the molecule is CCCCc1cc(NC(=O)NC(C)c2ccccc2)n(-c2cccc(CC(N)=O)c2)n1. The minimum absolute atomic E-state index is 0.143. The standard InChI is InChI=1S/C24H29N5O2/c1-3-4-12-20-16-23(27-24(31)26-17(2)19-10-6-5-7-11-19)29(28-20)21-13-8-9-18(14-21)15-22(25)30/h5-11,13-14,16-17H,3-4,12,15H2,1-2H3,(H2,25,30)(H2,26,27,31). The lowest BCUT2D eigenvalue weighted by atomic mass is 10.1. The molecule has 0 bridgehead atoms. The smallest absolute Gasteiger partial charge is 0.320 e. The van der Waals surface area contributed by atoms with Crippen LogP contribution in [0.15, 0.2) is 60.7 Å². The van der Waals surface area contributed by atoms with E-state index in [1.54, 1.807) is 4.68 Å². The normalized spacial score (nSPS) is 11.7. The van der Waals surface area contributed by atoms with Crippen LogP contribution < -0.4 is 16.4 Å². The summed E-state index contributed by atoms with van der Waals surface area (Å²) in [5.41, 5.74) is 8.81. The molecule has 162 valence electrons. The number of nitrogens with zero attached hydrogens (tertiary/aromatic N) is 2. The molecule has 3 amide bonds. The van der Waals surface area contributed by atoms with Gasteiger partial charge in [0.25, 0.3) is 0 Å². The van der Waals surface area contributed by atoms with Gasteiger partial charge in [-0.2, -0.15) is 5.10 Å². The van der Waals surface area contributed by atoms with E-state index in [0.717, 1.165) is 41.8 Å². The van der Waals surface area contributed by atoms with E-state index in [0.29, 0.717) is 5.82 Å². The van der Waals surface area contributed by atoms with Crippen LogP contribution in [0.25, 0.3) is 5.69 Å². The van der Waals surface area contributed by atoms with Gasteiger partial charge in [-0.3, -0.25) is 10.1 Å². The molecule has 0 radical (unpaired) electrons. The molecule has 3 aromatic rings. The number of nitrogens with one attached hydrogen (secondary N) is 2. The monoisotopic (exact) mass is 419 g/mol.